The lowest BCUT2D eigenvalue weighted by Crippen LogP contribution is -2.40. The molecule has 0 aliphatic heterocycles. The van der Waals surface area contributed by atoms with Gasteiger partial charge in [-0.3, -0.25) is 4.79 Å². The molecule has 10 heteroatoms. The fraction of sp³-hybridized carbons (Fsp3) is 0.423. The fourth-order valence-electron chi connectivity index (χ4n) is 4.35. The number of hydrogen-bond donors (Lipinski definition) is 3. The van der Waals surface area contributed by atoms with Crippen molar-refractivity contribution in [2.75, 3.05) is 19.7 Å². The number of alkyl carbamates (subject to hydrolysis) is 1. The second-order valence-electron chi connectivity index (χ2n) is 8.62. The van der Waals surface area contributed by atoms with Crippen LogP contribution >= 0.6 is 0 Å². The van der Waals surface area contributed by atoms with Gasteiger partial charge in [0, 0.05) is 30.3 Å². The summed E-state index contributed by atoms with van der Waals surface area (Å²) in [5.41, 5.74) is 12.8. The van der Waals surface area contributed by atoms with Gasteiger partial charge < -0.3 is 20.5 Å². The molecule has 0 bridgehead atoms. The molecule has 0 radical (unpaired) electrons. The molecule has 1 atom stereocenters. The first-order valence-corrected chi connectivity index (χ1v) is 12.1. The van der Waals surface area contributed by atoms with E-state index in [1.807, 2.05) is 24.3 Å². The predicted molar refractivity (Wildman–Crippen MR) is 134 cm³/mol. The maximum Gasteiger partial charge on any atom is 0.407 e. The molecule has 1 aliphatic rings. The molecule has 10 nitrogen and oxygen atoms in total. The van der Waals surface area contributed by atoms with Gasteiger partial charge in [-0.2, -0.15) is 0 Å². The number of unbranched alkanes of at least 4 members (excludes halogenated alkanes) is 2. The lowest BCUT2D eigenvalue weighted by Gasteiger charge is -2.15. The zero-order chi connectivity index (χ0) is 25.8. The Kier molecular flexibility index (Phi) is 10.1. The van der Waals surface area contributed by atoms with Crippen LogP contribution in [-0.2, 0) is 14.3 Å². The van der Waals surface area contributed by atoms with E-state index in [-0.39, 0.29) is 31.3 Å². The van der Waals surface area contributed by atoms with Crippen LogP contribution in [0.5, 0.6) is 0 Å². The summed E-state index contributed by atoms with van der Waals surface area (Å²) in [7, 11) is 0. The van der Waals surface area contributed by atoms with Crippen molar-refractivity contribution in [3.05, 3.63) is 70.1 Å². The fourth-order valence-corrected chi connectivity index (χ4v) is 4.35. The number of benzene rings is 2. The molecule has 0 saturated carbocycles. The van der Waals surface area contributed by atoms with E-state index in [9.17, 15) is 19.5 Å². The molecule has 3 N–H and O–H groups in total. The van der Waals surface area contributed by atoms with Crippen LogP contribution in [0.2, 0.25) is 0 Å². The third kappa shape index (κ3) is 7.48. The highest BCUT2D eigenvalue weighted by molar-refractivity contribution is 5.83. The lowest BCUT2D eigenvalue weighted by atomic mass is 9.98. The highest BCUT2D eigenvalue weighted by Crippen LogP contribution is 2.44. The van der Waals surface area contributed by atoms with Gasteiger partial charge in [0.1, 0.15) is 12.6 Å². The molecule has 36 heavy (non-hydrogen) atoms. The number of azide groups is 1. The predicted octanol–water partition coefficient (Wildman–Crippen LogP) is 4.75. The summed E-state index contributed by atoms with van der Waals surface area (Å²) < 4.78 is 5.49. The van der Waals surface area contributed by atoms with Gasteiger partial charge in [0.2, 0.25) is 5.91 Å². The van der Waals surface area contributed by atoms with Gasteiger partial charge in [0.15, 0.2) is 0 Å². The minimum absolute atomic E-state index is 0.0119. The molecule has 0 aromatic heterocycles. The summed E-state index contributed by atoms with van der Waals surface area (Å²) in [6, 6.07) is 15.3. The number of carboxylic acid groups (broad SMARTS) is 1. The Morgan fingerprint density at radius 3 is 2.31 bits per heavy atom. The van der Waals surface area contributed by atoms with Crippen LogP contribution in [-0.4, -0.2) is 48.8 Å². The largest absolute Gasteiger partial charge is 0.480 e. The van der Waals surface area contributed by atoms with Crippen molar-refractivity contribution in [2.45, 2.75) is 50.5 Å². The molecule has 0 spiro atoms. The average molecular weight is 494 g/mol. The topological polar surface area (TPSA) is 153 Å². The van der Waals surface area contributed by atoms with Crippen molar-refractivity contribution >= 4 is 18.0 Å². The van der Waals surface area contributed by atoms with E-state index < -0.39 is 18.1 Å². The summed E-state index contributed by atoms with van der Waals surface area (Å²) in [4.78, 5) is 38.3. The standard InChI is InChI=1S/C26H31N5O5/c27-31-29-16-8-6-14-24(32)30-23(25(33)34)13-5-7-15-28-26(35)36-17-22-20-11-3-1-9-18(20)19-10-2-4-12-21(19)22/h1-4,9-12,22-23H,5-8,13-17H2,(H,28,35)(H,30,32)(H,33,34). The summed E-state index contributed by atoms with van der Waals surface area (Å²) in [6.45, 7) is 0.884. The van der Waals surface area contributed by atoms with Crippen molar-refractivity contribution in [2.24, 2.45) is 5.11 Å². The first kappa shape index (κ1) is 26.6. The maximum atomic E-state index is 12.2. The van der Waals surface area contributed by atoms with Gasteiger partial charge in [-0.1, -0.05) is 53.6 Å². The summed E-state index contributed by atoms with van der Waals surface area (Å²) >= 11 is 0. The Morgan fingerprint density at radius 1 is 1.00 bits per heavy atom. The van der Waals surface area contributed by atoms with Crippen LogP contribution in [0.15, 0.2) is 53.6 Å². The number of ether oxygens (including phenoxy) is 1. The second kappa shape index (κ2) is 13.7. The van der Waals surface area contributed by atoms with Gasteiger partial charge in [-0.05, 0) is 59.9 Å². The molecule has 2 aromatic rings. The number of carboxylic acids is 1. The minimum Gasteiger partial charge on any atom is -0.480 e. The first-order valence-electron chi connectivity index (χ1n) is 12.1. The molecule has 190 valence electrons. The number of rotatable bonds is 14. The first-order chi connectivity index (χ1) is 17.5. The van der Waals surface area contributed by atoms with Crippen LogP contribution in [0, 0.1) is 0 Å². The SMILES string of the molecule is [N-]=[N+]=NCCCCC(=O)NC(CCCCNC(=O)OCC1c2ccccc2-c2ccccc21)C(=O)O. The lowest BCUT2D eigenvalue weighted by molar-refractivity contribution is -0.142. The minimum atomic E-state index is -1.10. The van der Waals surface area contributed by atoms with Crippen molar-refractivity contribution in [3.63, 3.8) is 0 Å². The number of nitrogens with one attached hydrogen (secondary N) is 2. The van der Waals surface area contributed by atoms with Crippen molar-refractivity contribution in [1.29, 1.82) is 0 Å². The summed E-state index contributed by atoms with van der Waals surface area (Å²) in [6.07, 6.45) is 2.06. The highest BCUT2D eigenvalue weighted by Gasteiger charge is 2.29. The molecule has 1 unspecified atom stereocenters. The van der Waals surface area contributed by atoms with Gasteiger partial charge in [-0.25, -0.2) is 9.59 Å². The van der Waals surface area contributed by atoms with Gasteiger partial charge in [0.25, 0.3) is 0 Å². The van der Waals surface area contributed by atoms with Gasteiger partial charge in [0.05, 0.1) is 0 Å². The van der Waals surface area contributed by atoms with Crippen LogP contribution in [0.25, 0.3) is 21.6 Å². The Morgan fingerprint density at radius 2 is 1.67 bits per heavy atom. The number of carbonyl (C=O) groups is 3. The maximum absolute atomic E-state index is 12.2. The monoisotopic (exact) mass is 493 g/mol. The Labute approximate surface area is 209 Å². The smallest absolute Gasteiger partial charge is 0.407 e. The van der Waals surface area contributed by atoms with E-state index >= 15 is 0 Å². The van der Waals surface area contributed by atoms with Crippen LogP contribution in [0.4, 0.5) is 4.79 Å². The zero-order valence-corrected chi connectivity index (χ0v) is 20.1. The van der Waals surface area contributed by atoms with Crippen molar-refractivity contribution in [1.82, 2.24) is 10.6 Å². The zero-order valence-electron chi connectivity index (χ0n) is 20.1. The van der Waals surface area contributed by atoms with Crippen molar-refractivity contribution in [3.8, 4) is 11.1 Å². The van der Waals surface area contributed by atoms with Crippen molar-refractivity contribution < 1.29 is 24.2 Å². The van der Waals surface area contributed by atoms with E-state index in [1.165, 1.54) is 0 Å². The average Bonchev–Trinajstić information content (AvgIpc) is 3.20. The number of nitrogens with zero attached hydrogens (tertiary/aromatic N) is 3. The van der Waals surface area contributed by atoms with E-state index in [0.29, 0.717) is 38.8 Å². The summed E-state index contributed by atoms with van der Waals surface area (Å²) in [5, 5.41) is 18.0. The number of aliphatic carboxylic acids is 1. The molecule has 0 saturated heterocycles. The number of amides is 2. The second-order valence-corrected chi connectivity index (χ2v) is 8.62. The molecular formula is C26H31N5O5. The number of hydrogen-bond acceptors (Lipinski definition) is 5. The molecule has 1 aliphatic carbocycles. The quantitative estimate of drug-likeness (QED) is 0.150. The van der Waals surface area contributed by atoms with E-state index in [4.69, 9.17) is 10.3 Å². The van der Waals surface area contributed by atoms with Gasteiger partial charge >= 0.3 is 12.1 Å². The molecule has 2 amide bonds. The van der Waals surface area contributed by atoms with E-state index in [1.54, 1.807) is 0 Å². The number of carbonyl (C=O) groups excluding carboxylic acids is 2. The number of fused-ring (bicyclic) bond motifs is 3. The third-order valence-corrected chi connectivity index (χ3v) is 6.14. The highest BCUT2D eigenvalue weighted by atomic mass is 16.5. The Hall–Kier alpha value is -4.04. The Bertz CT molecular complexity index is 1070. The molecule has 3 rings (SSSR count). The Balaban J connectivity index is 1.35. The normalized spacial score (nSPS) is 12.6. The summed E-state index contributed by atoms with van der Waals surface area (Å²) in [5.74, 6) is -1.45. The van der Waals surface area contributed by atoms with Gasteiger partial charge in [-0.15, -0.1) is 0 Å². The van der Waals surface area contributed by atoms with E-state index in [0.717, 1.165) is 22.3 Å². The molecule has 2 aromatic carbocycles. The van der Waals surface area contributed by atoms with Crippen LogP contribution < -0.4 is 10.6 Å². The van der Waals surface area contributed by atoms with Crippen LogP contribution in [0.3, 0.4) is 0 Å². The van der Waals surface area contributed by atoms with E-state index in [2.05, 4.69) is 44.9 Å². The third-order valence-electron chi connectivity index (χ3n) is 6.14. The molecule has 0 fully saturated rings. The molecule has 0 heterocycles. The molecular weight excluding hydrogens is 462 g/mol. The van der Waals surface area contributed by atoms with Crippen LogP contribution in [0.1, 0.15) is 55.6 Å².